The van der Waals surface area contributed by atoms with Crippen LogP contribution >= 0.6 is 24.0 Å². The molecule has 1 aliphatic heterocycles. The van der Waals surface area contributed by atoms with Crippen molar-refractivity contribution < 1.29 is 4.79 Å². The van der Waals surface area contributed by atoms with Crippen molar-refractivity contribution in [3.8, 4) is 0 Å². The van der Waals surface area contributed by atoms with Crippen LogP contribution in [-0.4, -0.2) is 22.0 Å². The van der Waals surface area contributed by atoms with Gasteiger partial charge in [0.25, 0.3) is 0 Å². The van der Waals surface area contributed by atoms with Crippen molar-refractivity contribution in [1.29, 1.82) is 0 Å². The second kappa shape index (κ2) is 7.34. The first-order chi connectivity index (χ1) is 11.2. The molecule has 0 saturated carbocycles. The smallest absolute Gasteiger partial charge is 0.240 e. The number of amides is 1. The van der Waals surface area contributed by atoms with Gasteiger partial charge >= 0.3 is 0 Å². The number of nitrogens with one attached hydrogen (secondary N) is 2. The lowest BCUT2D eigenvalue weighted by Gasteiger charge is -2.09. The summed E-state index contributed by atoms with van der Waals surface area (Å²) < 4.78 is 0.540. The molecule has 5 nitrogen and oxygen atoms in total. The minimum Gasteiger partial charge on any atom is -0.383 e. The van der Waals surface area contributed by atoms with E-state index in [4.69, 9.17) is 12.2 Å². The van der Waals surface area contributed by atoms with E-state index in [2.05, 4.69) is 20.9 Å². The van der Waals surface area contributed by atoms with E-state index in [0.29, 0.717) is 10.9 Å². The fraction of sp³-hybridized carbons (Fsp3) is 0.125. The lowest BCUT2D eigenvalue weighted by molar-refractivity contribution is -0.118. The van der Waals surface area contributed by atoms with Crippen LogP contribution in [0.15, 0.2) is 64.8 Å². The summed E-state index contributed by atoms with van der Waals surface area (Å²) in [7, 11) is 0. The lowest BCUT2D eigenvalue weighted by Crippen LogP contribution is -2.28. The van der Waals surface area contributed by atoms with Crippen molar-refractivity contribution in [3.05, 3.63) is 54.6 Å². The summed E-state index contributed by atoms with van der Waals surface area (Å²) in [6, 6.07) is 17.2. The van der Waals surface area contributed by atoms with E-state index in [1.54, 1.807) is 0 Å². The third-order valence-corrected chi connectivity index (χ3v) is 4.54. The number of hydrogen-bond acceptors (Lipinski definition) is 6. The first kappa shape index (κ1) is 15.6. The van der Waals surface area contributed by atoms with E-state index in [9.17, 15) is 4.79 Å². The number of carbonyl (C=O) groups excluding carboxylic acids is 1. The van der Waals surface area contributed by atoms with Crippen LogP contribution in [0, 0.1) is 0 Å². The Bertz CT molecular complexity index is 732. The van der Waals surface area contributed by atoms with E-state index in [-0.39, 0.29) is 11.2 Å². The van der Waals surface area contributed by atoms with Gasteiger partial charge in [-0.3, -0.25) is 4.79 Å². The van der Waals surface area contributed by atoms with E-state index in [0.717, 1.165) is 17.1 Å². The van der Waals surface area contributed by atoms with E-state index >= 15 is 0 Å². The summed E-state index contributed by atoms with van der Waals surface area (Å²) in [6.45, 7) is 0.529. The summed E-state index contributed by atoms with van der Waals surface area (Å²) in [5, 5.41) is 14.0. The molecule has 2 N–H and O–H groups in total. The number of nitrogens with zero attached hydrogens (tertiary/aromatic N) is 2. The number of azo groups is 1. The molecule has 0 aromatic heterocycles. The fourth-order valence-corrected chi connectivity index (χ4v) is 3.19. The van der Waals surface area contributed by atoms with Gasteiger partial charge in [-0.25, -0.2) is 0 Å². The minimum atomic E-state index is -0.181. The summed E-state index contributed by atoms with van der Waals surface area (Å²) in [5.74, 6) is -0.0409. The molecule has 1 amide bonds. The second-order valence-electron chi connectivity index (χ2n) is 4.85. The third-order valence-electron chi connectivity index (χ3n) is 3.16. The van der Waals surface area contributed by atoms with Gasteiger partial charge in [-0.05, 0) is 36.4 Å². The van der Waals surface area contributed by atoms with Crippen molar-refractivity contribution in [2.45, 2.75) is 5.25 Å². The van der Waals surface area contributed by atoms with Gasteiger partial charge < -0.3 is 10.6 Å². The Morgan fingerprint density at radius 1 is 1.04 bits per heavy atom. The van der Waals surface area contributed by atoms with Crippen LogP contribution in [0.2, 0.25) is 0 Å². The Morgan fingerprint density at radius 2 is 1.70 bits per heavy atom. The Labute approximate surface area is 143 Å². The highest BCUT2D eigenvalue weighted by Crippen LogP contribution is 2.22. The molecule has 0 bridgehead atoms. The molecule has 1 saturated heterocycles. The largest absolute Gasteiger partial charge is 0.383 e. The quantitative estimate of drug-likeness (QED) is 0.636. The van der Waals surface area contributed by atoms with Gasteiger partial charge in [-0.2, -0.15) is 10.2 Å². The topological polar surface area (TPSA) is 65.8 Å². The minimum absolute atomic E-state index is 0.0409. The van der Waals surface area contributed by atoms with Gasteiger partial charge in [0, 0.05) is 12.2 Å². The predicted molar refractivity (Wildman–Crippen MR) is 97.7 cm³/mol. The molecule has 1 atom stereocenters. The van der Waals surface area contributed by atoms with Crippen LogP contribution in [0.5, 0.6) is 0 Å². The standard InChI is InChI=1S/C16H14N4OS2/c21-15-14(23-16(22)18-15)10-17-11-6-8-13(9-7-11)20-19-12-4-2-1-3-5-12/h1-9,14,17H,10H2,(H,18,21,22)/t14-/m1/s1. The van der Waals surface area contributed by atoms with Gasteiger partial charge in [0.15, 0.2) is 0 Å². The van der Waals surface area contributed by atoms with Crippen LogP contribution in [0.4, 0.5) is 17.1 Å². The maximum absolute atomic E-state index is 11.6. The van der Waals surface area contributed by atoms with Gasteiger partial charge in [-0.1, -0.05) is 42.2 Å². The van der Waals surface area contributed by atoms with Crippen molar-refractivity contribution in [1.82, 2.24) is 5.32 Å². The second-order valence-corrected chi connectivity index (χ2v) is 6.73. The Balaban J connectivity index is 1.56. The number of thioether (sulfide) groups is 1. The van der Waals surface area contributed by atoms with Crippen LogP contribution in [-0.2, 0) is 4.79 Å². The molecule has 3 rings (SSSR count). The van der Waals surface area contributed by atoms with Gasteiger partial charge in [0.1, 0.15) is 9.57 Å². The van der Waals surface area contributed by atoms with Gasteiger partial charge in [0.05, 0.1) is 11.4 Å². The van der Waals surface area contributed by atoms with E-state index < -0.39 is 0 Å². The monoisotopic (exact) mass is 342 g/mol. The van der Waals surface area contributed by atoms with Gasteiger partial charge in [-0.15, -0.1) is 0 Å². The molecule has 116 valence electrons. The van der Waals surface area contributed by atoms with Crippen molar-refractivity contribution in [2.24, 2.45) is 10.2 Å². The third kappa shape index (κ3) is 4.37. The van der Waals surface area contributed by atoms with Crippen LogP contribution in [0.1, 0.15) is 0 Å². The molecular weight excluding hydrogens is 328 g/mol. The maximum atomic E-state index is 11.6. The zero-order valence-electron chi connectivity index (χ0n) is 12.1. The Hall–Kier alpha value is -2.25. The highest BCUT2D eigenvalue weighted by molar-refractivity contribution is 8.24. The number of thiocarbonyl (C=S) groups is 1. The molecule has 1 fully saturated rings. The van der Waals surface area contributed by atoms with Crippen molar-refractivity contribution in [2.75, 3.05) is 11.9 Å². The summed E-state index contributed by atoms with van der Waals surface area (Å²) >= 11 is 6.35. The molecule has 0 unspecified atom stereocenters. The zero-order valence-corrected chi connectivity index (χ0v) is 13.7. The molecule has 1 heterocycles. The van der Waals surface area contributed by atoms with Crippen LogP contribution in [0.3, 0.4) is 0 Å². The molecule has 23 heavy (non-hydrogen) atoms. The van der Waals surface area contributed by atoms with Crippen LogP contribution < -0.4 is 10.6 Å². The van der Waals surface area contributed by atoms with Crippen LogP contribution in [0.25, 0.3) is 0 Å². The van der Waals surface area contributed by atoms with E-state index in [1.165, 1.54) is 11.8 Å². The number of benzene rings is 2. The molecule has 2 aromatic rings. The first-order valence-corrected chi connectivity index (χ1v) is 8.32. The summed E-state index contributed by atoms with van der Waals surface area (Å²) in [5.41, 5.74) is 2.51. The maximum Gasteiger partial charge on any atom is 0.240 e. The molecular formula is C16H14N4OS2. The van der Waals surface area contributed by atoms with E-state index in [1.807, 2.05) is 54.6 Å². The van der Waals surface area contributed by atoms with Crippen molar-refractivity contribution >= 4 is 51.3 Å². The molecule has 0 spiro atoms. The molecule has 1 aliphatic rings. The summed E-state index contributed by atoms with van der Waals surface area (Å²) in [6.07, 6.45) is 0. The summed E-state index contributed by atoms with van der Waals surface area (Å²) in [4.78, 5) is 11.6. The zero-order chi connectivity index (χ0) is 16.1. The normalized spacial score (nSPS) is 17.5. The predicted octanol–water partition coefficient (Wildman–Crippen LogP) is 4.03. The molecule has 7 heteroatoms. The Morgan fingerprint density at radius 3 is 2.30 bits per heavy atom. The Kier molecular flexibility index (Phi) is 4.99. The lowest BCUT2D eigenvalue weighted by atomic mass is 10.2. The molecule has 0 radical (unpaired) electrons. The average molecular weight is 342 g/mol. The molecule has 0 aliphatic carbocycles. The first-order valence-electron chi connectivity index (χ1n) is 7.03. The number of carbonyl (C=O) groups is 1. The highest BCUT2D eigenvalue weighted by Gasteiger charge is 2.28. The number of anilines is 1. The fourth-order valence-electron chi connectivity index (χ4n) is 1.99. The van der Waals surface area contributed by atoms with Gasteiger partial charge in [0.2, 0.25) is 5.91 Å². The molecule has 2 aromatic carbocycles. The van der Waals surface area contributed by atoms with Crippen molar-refractivity contribution in [3.63, 3.8) is 0 Å². The highest BCUT2D eigenvalue weighted by atomic mass is 32.2. The average Bonchev–Trinajstić information content (AvgIpc) is 2.90. The number of hydrogen-bond donors (Lipinski definition) is 2. The SMILES string of the molecule is O=C1NC(=S)S[C@@H]1CNc1ccc(N=Nc2ccccc2)cc1. The number of rotatable bonds is 5.